The summed E-state index contributed by atoms with van der Waals surface area (Å²) in [5, 5.41) is 11.8. The molecule has 3 aromatic rings. The summed E-state index contributed by atoms with van der Waals surface area (Å²) >= 11 is 5.81. The van der Waals surface area contributed by atoms with Gasteiger partial charge in [0.25, 0.3) is 5.91 Å². The zero-order valence-corrected chi connectivity index (χ0v) is 18.7. The molecule has 0 radical (unpaired) electrons. The van der Waals surface area contributed by atoms with Gasteiger partial charge in [0.2, 0.25) is 0 Å². The first-order valence-corrected chi connectivity index (χ1v) is 10.9. The Labute approximate surface area is 195 Å². The fourth-order valence-electron chi connectivity index (χ4n) is 4.45. The summed E-state index contributed by atoms with van der Waals surface area (Å²) in [4.78, 5) is 32.7. The van der Waals surface area contributed by atoms with E-state index in [0.29, 0.717) is 16.5 Å². The van der Waals surface area contributed by atoms with Crippen LogP contribution in [0, 0.1) is 12.3 Å². The average molecular weight is 460 g/mol. The van der Waals surface area contributed by atoms with Gasteiger partial charge in [-0.15, -0.1) is 0 Å². The molecule has 33 heavy (non-hydrogen) atoms. The van der Waals surface area contributed by atoms with E-state index in [9.17, 15) is 9.59 Å². The number of nitrogens with zero attached hydrogens (tertiary/aromatic N) is 5. The molecule has 2 fully saturated rings. The van der Waals surface area contributed by atoms with E-state index in [0.717, 1.165) is 46.3 Å². The number of benzene rings is 1. The molecule has 1 aliphatic carbocycles. The van der Waals surface area contributed by atoms with E-state index < -0.39 is 11.6 Å². The lowest BCUT2D eigenvalue weighted by molar-refractivity contribution is -0.123. The largest absolute Gasteiger partial charge is 0.350 e. The molecular formula is C23H21N7O2S. The minimum Gasteiger partial charge on any atom is -0.350 e. The van der Waals surface area contributed by atoms with Crippen molar-refractivity contribution >= 4 is 46.9 Å². The Balaban J connectivity index is 1.50. The molecule has 3 heterocycles. The number of primary amides is 1. The van der Waals surface area contributed by atoms with Crippen LogP contribution in [0.15, 0.2) is 48.9 Å². The molecule has 5 rings (SSSR count). The van der Waals surface area contributed by atoms with Crippen LogP contribution in [0.25, 0.3) is 11.1 Å². The van der Waals surface area contributed by atoms with Crippen LogP contribution in [-0.2, 0) is 4.79 Å². The second-order valence-electron chi connectivity index (χ2n) is 8.24. The average Bonchev–Trinajstić information content (AvgIpc) is 3.35. The predicted molar refractivity (Wildman–Crippen MR) is 129 cm³/mol. The molecule has 1 spiro atoms. The number of aryl methyl sites for hydroxylation is 1. The van der Waals surface area contributed by atoms with E-state index in [1.54, 1.807) is 23.5 Å². The second-order valence-corrected chi connectivity index (χ2v) is 8.61. The summed E-state index contributed by atoms with van der Waals surface area (Å²) in [6.45, 7) is 1.86. The van der Waals surface area contributed by atoms with E-state index in [1.165, 1.54) is 6.21 Å². The molecule has 2 aromatic heterocycles. The van der Waals surface area contributed by atoms with Crippen LogP contribution in [0.5, 0.6) is 0 Å². The summed E-state index contributed by atoms with van der Waals surface area (Å²) in [5.74, 6) is -0.0469. The zero-order valence-electron chi connectivity index (χ0n) is 17.9. The number of hydrogen-bond donors (Lipinski definition) is 2. The highest BCUT2D eigenvalue weighted by atomic mass is 32.1. The smallest absolute Gasteiger partial charge is 0.339 e. The molecule has 0 bridgehead atoms. The van der Waals surface area contributed by atoms with Gasteiger partial charge in [-0.1, -0.05) is 12.1 Å². The van der Waals surface area contributed by atoms with Crippen molar-refractivity contribution in [2.45, 2.75) is 31.7 Å². The highest BCUT2D eigenvalue weighted by Gasteiger charge is 2.59. The van der Waals surface area contributed by atoms with Crippen LogP contribution in [0.1, 0.15) is 30.5 Å². The summed E-state index contributed by atoms with van der Waals surface area (Å²) in [6.07, 6.45) is 8.33. The topological polar surface area (TPSA) is 121 Å². The molecule has 1 saturated carbocycles. The molecule has 2 aliphatic rings. The van der Waals surface area contributed by atoms with Gasteiger partial charge in [-0.05, 0) is 67.7 Å². The van der Waals surface area contributed by atoms with E-state index in [2.05, 4.69) is 10.1 Å². The van der Waals surface area contributed by atoms with Crippen LogP contribution in [0.2, 0.25) is 0 Å². The predicted octanol–water partition coefficient (Wildman–Crippen LogP) is 3.24. The Morgan fingerprint density at radius 3 is 2.45 bits per heavy atom. The first-order valence-electron chi connectivity index (χ1n) is 10.5. The third-order valence-electron chi connectivity index (χ3n) is 6.36. The Kier molecular flexibility index (Phi) is 4.82. The summed E-state index contributed by atoms with van der Waals surface area (Å²) in [6, 6.07) is 8.84. The molecule has 9 nitrogen and oxygen atoms in total. The number of anilines is 2. The van der Waals surface area contributed by atoms with Crippen molar-refractivity contribution in [3.8, 4) is 11.1 Å². The number of thiocarbonyl (C=S) groups is 1. The first kappa shape index (κ1) is 21.0. The van der Waals surface area contributed by atoms with Crippen molar-refractivity contribution in [1.29, 1.82) is 5.41 Å². The Hall–Kier alpha value is -3.92. The quantitative estimate of drug-likeness (QED) is 0.456. The number of pyridine rings is 1. The van der Waals surface area contributed by atoms with Gasteiger partial charge in [-0.25, -0.2) is 4.79 Å². The summed E-state index contributed by atoms with van der Waals surface area (Å²) < 4.78 is 1.08. The molecule has 2 amide bonds. The number of amides is 2. The third kappa shape index (κ3) is 3.13. The van der Waals surface area contributed by atoms with Crippen LogP contribution in [-0.4, -0.2) is 43.6 Å². The van der Waals surface area contributed by atoms with Crippen LogP contribution in [0.3, 0.4) is 0 Å². The summed E-state index contributed by atoms with van der Waals surface area (Å²) in [7, 11) is 0. The number of rotatable bonds is 4. The molecule has 1 saturated heterocycles. The van der Waals surface area contributed by atoms with Gasteiger partial charge in [0.1, 0.15) is 5.54 Å². The zero-order chi connectivity index (χ0) is 23.3. The molecule has 0 unspecified atom stereocenters. The van der Waals surface area contributed by atoms with Gasteiger partial charge in [0.15, 0.2) is 5.11 Å². The maximum Gasteiger partial charge on any atom is 0.339 e. The number of carbonyl (C=O) groups is 2. The van der Waals surface area contributed by atoms with Gasteiger partial charge >= 0.3 is 6.03 Å². The van der Waals surface area contributed by atoms with E-state index in [-0.39, 0.29) is 5.91 Å². The van der Waals surface area contributed by atoms with E-state index >= 15 is 0 Å². The van der Waals surface area contributed by atoms with Crippen LogP contribution < -0.4 is 15.5 Å². The minimum absolute atomic E-state index is 0.0469. The Bertz CT molecular complexity index is 1310. The fraction of sp³-hybridized carbons (Fsp3) is 0.217. The van der Waals surface area contributed by atoms with Gasteiger partial charge in [-0.3, -0.25) is 14.7 Å². The number of nitrogens with two attached hydrogens (primary N) is 1. The number of aromatic nitrogens is 3. The first-order chi connectivity index (χ1) is 15.9. The third-order valence-corrected chi connectivity index (χ3v) is 6.72. The standard InChI is InChI=1S/C23H21N7O2S/c1-14-9-18(12-26-19(14)10-24)29-20(31)23(7-2-8-23)30(22(29)33)17-5-3-15(4-6-17)16-11-27-28(13-16)21(25)32/h3-6,9-13,24H,2,7-8H2,1H3,(H2,25,32). The monoisotopic (exact) mass is 459 g/mol. The van der Waals surface area contributed by atoms with Crippen molar-refractivity contribution in [3.05, 3.63) is 60.2 Å². The molecule has 166 valence electrons. The van der Waals surface area contributed by atoms with Crippen molar-refractivity contribution in [2.24, 2.45) is 5.73 Å². The molecule has 3 N–H and O–H groups in total. The maximum absolute atomic E-state index is 13.6. The molecule has 1 aliphatic heterocycles. The number of carbonyl (C=O) groups excluding carboxylic acids is 2. The van der Waals surface area contributed by atoms with E-state index in [1.807, 2.05) is 42.2 Å². The highest BCUT2D eigenvalue weighted by Crippen LogP contribution is 2.48. The normalized spacial score (nSPS) is 16.9. The maximum atomic E-state index is 13.6. The number of nitrogens with one attached hydrogen (secondary N) is 1. The van der Waals surface area contributed by atoms with Crippen LogP contribution in [0.4, 0.5) is 16.2 Å². The van der Waals surface area contributed by atoms with Crippen molar-refractivity contribution in [3.63, 3.8) is 0 Å². The van der Waals surface area contributed by atoms with Gasteiger partial charge in [-0.2, -0.15) is 9.78 Å². The van der Waals surface area contributed by atoms with E-state index in [4.69, 9.17) is 23.4 Å². The SMILES string of the molecule is Cc1cc(N2C(=O)C3(CCC3)N(c3ccc(-c4cnn(C(N)=O)c4)cc3)C2=S)cnc1C=N. The molecule has 1 aromatic carbocycles. The Morgan fingerprint density at radius 2 is 1.91 bits per heavy atom. The molecule has 0 atom stereocenters. The highest BCUT2D eigenvalue weighted by molar-refractivity contribution is 7.81. The fourth-order valence-corrected chi connectivity index (χ4v) is 4.92. The summed E-state index contributed by atoms with van der Waals surface area (Å²) in [5.41, 5.74) is 8.99. The lowest BCUT2D eigenvalue weighted by Crippen LogP contribution is -2.55. The van der Waals surface area contributed by atoms with Gasteiger partial charge in [0, 0.05) is 23.7 Å². The number of hydrogen-bond acceptors (Lipinski definition) is 6. The van der Waals surface area contributed by atoms with Crippen molar-refractivity contribution < 1.29 is 9.59 Å². The molecule has 10 heteroatoms. The van der Waals surface area contributed by atoms with Crippen LogP contribution >= 0.6 is 12.2 Å². The lowest BCUT2D eigenvalue weighted by atomic mass is 9.75. The minimum atomic E-state index is -0.691. The van der Waals surface area contributed by atoms with Crippen molar-refractivity contribution in [2.75, 3.05) is 9.80 Å². The second kappa shape index (κ2) is 7.59. The van der Waals surface area contributed by atoms with Gasteiger partial charge < -0.3 is 16.0 Å². The Morgan fingerprint density at radius 1 is 1.18 bits per heavy atom. The lowest BCUT2D eigenvalue weighted by Gasteiger charge is -2.43. The van der Waals surface area contributed by atoms with Gasteiger partial charge in [0.05, 0.1) is 23.8 Å². The molecular weight excluding hydrogens is 438 g/mol. The van der Waals surface area contributed by atoms with Crippen molar-refractivity contribution in [1.82, 2.24) is 14.8 Å².